The third-order valence-corrected chi connectivity index (χ3v) is 21.5. The van der Waals surface area contributed by atoms with E-state index < -0.39 is 50.9 Å². The van der Waals surface area contributed by atoms with Crippen molar-refractivity contribution in [2.24, 2.45) is 0 Å². The number of aliphatic hydroxyl groups is 1. The van der Waals surface area contributed by atoms with Crippen molar-refractivity contribution >= 4 is 51.8 Å². The highest BCUT2D eigenvalue weighted by Crippen LogP contribution is 2.40. The second-order valence-electron chi connectivity index (χ2n) is 18.8. The monoisotopic (exact) mass is 872 g/mol. The molecule has 0 bridgehead atoms. The topological polar surface area (TPSA) is 186 Å². The van der Waals surface area contributed by atoms with Gasteiger partial charge in [0.15, 0.2) is 8.32 Å². The molecule has 0 spiro atoms. The van der Waals surface area contributed by atoms with Crippen molar-refractivity contribution in [3.8, 4) is 0 Å². The van der Waals surface area contributed by atoms with Gasteiger partial charge in [0.1, 0.15) is 10.5 Å². The zero-order chi connectivity index (χ0) is 42.3. The van der Waals surface area contributed by atoms with Crippen LogP contribution < -0.4 is 20.1 Å². The minimum atomic E-state index is -3.72. The molecule has 0 radical (unpaired) electrons. The molecule has 2 saturated heterocycles. The molecule has 326 valence electrons. The fourth-order valence-corrected chi connectivity index (χ4v) is 12.8. The predicted octanol–water partition coefficient (Wildman–Crippen LogP) is 4.61. The molecule has 2 fully saturated rings. The Balaban J connectivity index is 0.000000184. The highest BCUT2D eigenvalue weighted by molar-refractivity contribution is 7.91. The summed E-state index contributed by atoms with van der Waals surface area (Å²) in [5.74, 6) is 0. The lowest BCUT2D eigenvalue weighted by molar-refractivity contribution is 0.141. The van der Waals surface area contributed by atoms with E-state index in [2.05, 4.69) is 71.0 Å². The number of urea groups is 2. The number of aryl methyl sites for hydroxylation is 4. The van der Waals surface area contributed by atoms with Gasteiger partial charge < -0.3 is 20.2 Å². The van der Waals surface area contributed by atoms with Gasteiger partial charge >= 0.3 is 12.1 Å². The molecule has 0 atom stereocenters. The summed E-state index contributed by atoms with van der Waals surface area (Å²) in [6, 6.07) is 3.26. The number of sulfonamides is 2. The van der Waals surface area contributed by atoms with Crippen LogP contribution in [0.4, 0.5) is 21.0 Å². The Morgan fingerprint density at radius 1 is 0.661 bits per heavy atom. The molecule has 14 nitrogen and oxygen atoms in total. The standard InChI is InChI=1S/C24H39N3O4SSi.C18H25N3O4S/c1-24(2,3)33(4,5)31-13-12-27-15-19(16-27)32(29,30)26-23(28)25-22-20-10-6-8-17(20)14-18-9-7-11-21(18)22;22-8-7-21-10-14(11-21)26(24,25)20-18(23)19-17-15-5-1-3-12(15)9-13-4-2-6-16(13)17/h14,19H,6-13,15-16H2,1-5H3,(H2,25,26,28);9,14,22H,1-8,10-11H2,(H2,19,20,23). The molecule has 4 amide bonds. The Kier molecular flexibility index (Phi) is 13.0. The number of nitrogens with one attached hydrogen (secondary N) is 4. The molecule has 4 aliphatic carbocycles. The van der Waals surface area contributed by atoms with Crippen LogP contribution in [-0.2, 0) is 75.8 Å². The number of β-amino-alcohol motifs (C(OH)–C–C–N with tert-alkyl or cyclic N) is 1. The lowest BCUT2D eigenvalue weighted by Crippen LogP contribution is -2.59. The quantitative estimate of drug-likeness (QED) is 0.189. The zero-order valence-electron chi connectivity index (χ0n) is 35.5. The Morgan fingerprint density at radius 2 is 1.02 bits per heavy atom. The summed E-state index contributed by atoms with van der Waals surface area (Å²) in [5.41, 5.74) is 11.7. The van der Waals surface area contributed by atoms with E-state index in [1.54, 1.807) is 0 Å². The number of likely N-dealkylation sites (tertiary alicyclic amines) is 2. The molecule has 0 saturated carbocycles. The molecular formula is C42H64N6O8S2Si. The smallest absolute Gasteiger partial charge is 0.332 e. The van der Waals surface area contributed by atoms with E-state index in [-0.39, 0.29) is 11.6 Å². The number of carbonyl (C=O) groups is 2. The van der Waals surface area contributed by atoms with Gasteiger partial charge in [0.05, 0.1) is 6.61 Å². The average molecular weight is 873 g/mol. The van der Waals surface area contributed by atoms with Crippen molar-refractivity contribution in [2.75, 3.05) is 63.1 Å². The third-order valence-electron chi connectivity index (χ3n) is 13.7. The first-order chi connectivity index (χ1) is 27.8. The van der Waals surface area contributed by atoms with Gasteiger partial charge in [0.2, 0.25) is 20.0 Å². The molecule has 2 aromatic carbocycles. The predicted molar refractivity (Wildman–Crippen MR) is 234 cm³/mol. The van der Waals surface area contributed by atoms with Gasteiger partial charge in [-0.1, -0.05) is 32.9 Å². The first kappa shape index (κ1) is 44.0. The van der Waals surface area contributed by atoms with E-state index in [4.69, 9.17) is 9.53 Å². The second-order valence-corrected chi connectivity index (χ2v) is 27.5. The summed E-state index contributed by atoms with van der Waals surface area (Å²) < 4.78 is 60.9. The fraction of sp³-hybridized carbons (Fsp3) is 0.667. The number of fused-ring (bicyclic) bond motifs is 4. The average Bonchev–Trinajstić information content (AvgIpc) is 3.93. The number of hydrogen-bond donors (Lipinski definition) is 5. The number of aliphatic hydroxyl groups excluding tert-OH is 1. The summed E-state index contributed by atoms with van der Waals surface area (Å²) in [7, 11) is -9.22. The van der Waals surface area contributed by atoms with E-state index in [9.17, 15) is 26.4 Å². The van der Waals surface area contributed by atoms with Crippen molar-refractivity contribution in [3.05, 3.63) is 56.6 Å². The Hall–Kier alpha value is -3.06. The van der Waals surface area contributed by atoms with Crippen LogP contribution in [0.5, 0.6) is 0 Å². The first-order valence-electron chi connectivity index (χ1n) is 21.5. The van der Waals surface area contributed by atoms with E-state index in [0.717, 1.165) is 88.4 Å². The molecule has 5 N–H and O–H groups in total. The maximum absolute atomic E-state index is 12.8. The second kappa shape index (κ2) is 17.4. The Labute approximate surface area is 351 Å². The van der Waals surface area contributed by atoms with Gasteiger partial charge in [-0.3, -0.25) is 9.80 Å². The summed E-state index contributed by atoms with van der Waals surface area (Å²) >= 11 is 0. The number of rotatable bonds is 12. The number of amides is 4. The van der Waals surface area contributed by atoms with Crippen LogP contribution in [0.3, 0.4) is 0 Å². The Morgan fingerprint density at radius 3 is 1.36 bits per heavy atom. The number of hydrogen-bond acceptors (Lipinski definition) is 10. The van der Waals surface area contributed by atoms with Crippen LogP contribution in [0.2, 0.25) is 18.1 Å². The van der Waals surface area contributed by atoms with E-state index in [0.29, 0.717) is 45.9 Å². The molecule has 6 aliphatic rings. The van der Waals surface area contributed by atoms with E-state index in [1.807, 2.05) is 4.90 Å². The number of anilines is 2. The highest BCUT2D eigenvalue weighted by atomic mass is 32.2. The molecule has 17 heteroatoms. The zero-order valence-corrected chi connectivity index (χ0v) is 38.1. The molecule has 8 rings (SSSR count). The SMILES string of the molecule is CC(C)(C)[Si](C)(C)OCCN1CC(S(=O)(=O)NC(=O)Nc2c3c(cc4c2CCC4)CCC3)C1.O=C(Nc1c2c(cc3c1CCC3)CCC2)NS(=O)(=O)C1CN(CCO)C1. The van der Waals surface area contributed by atoms with Crippen molar-refractivity contribution in [3.63, 3.8) is 0 Å². The van der Waals surface area contributed by atoms with Crippen LogP contribution in [0.25, 0.3) is 0 Å². The maximum Gasteiger partial charge on any atom is 0.332 e. The molecular weight excluding hydrogens is 809 g/mol. The fourth-order valence-electron chi connectivity index (χ4n) is 9.23. The summed E-state index contributed by atoms with van der Waals surface area (Å²) in [6.45, 7) is 14.4. The molecule has 0 unspecified atom stereocenters. The summed E-state index contributed by atoms with van der Waals surface area (Å²) in [5, 5.41) is 13.6. The molecule has 2 aromatic rings. The van der Waals surface area contributed by atoms with Gasteiger partial charge in [-0.2, -0.15) is 0 Å². The van der Waals surface area contributed by atoms with Crippen LogP contribution >= 0.6 is 0 Å². The number of nitrogens with zero attached hydrogens (tertiary/aromatic N) is 2. The number of carbonyl (C=O) groups excluding carboxylic acids is 2. The van der Waals surface area contributed by atoms with Crippen molar-refractivity contribution in [1.29, 1.82) is 0 Å². The lowest BCUT2D eigenvalue weighted by Gasteiger charge is -2.40. The van der Waals surface area contributed by atoms with Crippen molar-refractivity contribution in [2.45, 2.75) is 126 Å². The van der Waals surface area contributed by atoms with Crippen molar-refractivity contribution in [1.82, 2.24) is 19.2 Å². The van der Waals surface area contributed by atoms with Crippen LogP contribution in [-0.4, -0.2) is 115 Å². The van der Waals surface area contributed by atoms with Gasteiger partial charge in [-0.15, -0.1) is 0 Å². The number of benzene rings is 2. The van der Waals surface area contributed by atoms with Gasteiger partial charge in [0, 0.05) is 57.3 Å². The first-order valence-corrected chi connectivity index (χ1v) is 27.5. The molecule has 0 aromatic heterocycles. The molecule has 59 heavy (non-hydrogen) atoms. The van der Waals surface area contributed by atoms with E-state index in [1.165, 1.54) is 44.5 Å². The maximum atomic E-state index is 12.8. The minimum Gasteiger partial charge on any atom is -0.416 e. The normalized spacial score (nSPS) is 19.4. The third kappa shape index (κ3) is 9.71. The lowest BCUT2D eigenvalue weighted by atomic mass is 9.99. The highest BCUT2D eigenvalue weighted by Gasteiger charge is 2.41. The van der Waals surface area contributed by atoms with Gasteiger partial charge in [-0.05, 0) is 140 Å². The summed E-state index contributed by atoms with van der Waals surface area (Å²) in [6.07, 6.45) is 12.2. The minimum absolute atomic E-state index is 0.00487. The largest absolute Gasteiger partial charge is 0.416 e. The Bertz CT molecular complexity index is 2100. The summed E-state index contributed by atoms with van der Waals surface area (Å²) in [4.78, 5) is 29.0. The van der Waals surface area contributed by atoms with Gasteiger partial charge in [-0.25, -0.2) is 35.9 Å². The van der Waals surface area contributed by atoms with Gasteiger partial charge in [0.25, 0.3) is 0 Å². The van der Waals surface area contributed by atoms with Crippen molar-refractivity contribution < 1.29 is 36.0 Å². The van der Waals surface area contributed by atoms with Crippen LogP contribution in [0.1, 0.15) is 91.0 Å². The molecule has 2 heterocycles. The van der Waals surface area contributed by atoms with E-state index >= 15 is 0 Å². The van der Waals surface area contributed by atoms with Crippen LogP contribution in [0.15, 0.2) is 12.1 Å². The molecule has 2 aliphatic heterocycles. The van der Waals surface area contributed by atoms with Crippen LogP contribution in [0, 0.1) is 0 Å².